The number of hydrogen-bond acceptors (Lipinski definition) is 2. The largest absolute Gasteiger partial charge is 0.326 e. The lowest BCUT2D eigenvalue weighted by Crippen LogP contribution is -2.21. The summed E-state index contributed by atoms with van der Waals surface area (Å²) < 4.78 is 0. The van der Waals surface area contributed by atoms with Crippen LogP contribution in [0.4, 0.5) is 5.69 Å². The van der Waals surface area contributed by atoms with E-state index in [9.17, 15) is 4.79 Å². The van der Waals surface area contributed by atoms with Crippen LogP contribution in [0.3, 0.4) is 0 Å². The van der Waals surface area contributed by atoms with Crippen molar-refractivity contribution in [2.45, 2.75) is 25.7 Å². The number of nitrogens with one attached hydrogen (secondary N) is 1. The number of amides is 1. The maximum Gasteiger partial charge on any atom is 0.231 e. The Kier molecular flexibility index (Phi) is 5.11. The smallest absolute Gasteiger partial charge is 0.231 e. The summed E-state index contributed by atoms with van der Waals surface area (Å²) in [4.78, 5) is 12.5. The third-order valence-corrected chi connectivity index (χ3v) is 3.38. The van der Waals surface area contributed by atoms with Crippen LogP contribution < -0.4 is 5.32 Å². The molecule has 3 nitrogen and oxygen atoms in total. The van der Waals surface area contributed by atoms with Gasteiger partial charge in [0.25, 0.3) is 0 Å². The number of nitrogens with zero attached hydrogens (tertiary/aromatic N) is 1. The van der Waals surface area contributed by atoms with Gasteiger partial charge in [-0.1, -0.05) is 43.7 Å². The molecule has 0 aliphatic carbocycles. The number of hydrogen-bond donors (Lipinski definition) is 1. The minimum atomic E-state index is -0.146. The molecule has 3 heteroatoms. The Morgan fingerprint density at radius 1 is 1.14 bits per heavy atom. The SMILES string of the molecule is CCCC(C(=O)Nc1ccc(C#N)cc1)c1ccccc1. The summed E-state index contributed by atoms with van der Waals surface area (Å²) in [7, 11) is 0. The van der Waals surface area contributed by atoms with E-state index in [0.29, 0.717) is 5.56 Å². The van der Waals surface area contributed by atoms with Crippen molar-refractivity contribution in [3.05, 3.63) is 65.7 Å². The number of nitriles is 1. The molecule has 106 valence electrons. The van der Waals surface area contributed by atoms with Gasteiger partial charge in [-0.3, -0.25) is 4.79 Å². The zero-order valence-corrected chi connectivity index (χ0v) is 12.0. The van der Waals surface area contributed by atoms with Crippen molar-refractivity contribution >= 4 is 11.6 Å². The van der Waals surface area contributed by atoms with Crippen LogP contribution in [0.1, 0.15) is 36.8 Å². The molecule has 0 aliphatic rings. The molecule has 0 radical (unpaired) electrons. The molecule has 0 fully saturated rings. The van der Waals surface area contributed by atoms with Crippen LogP contribution in [0, 0.1) is 11.3 Å². The van der Waals surface area contributed by atoms with Gasteiger partial charge in [0.1, 0.15) is 0 Å². The van der Waals surface area contributed by atoms with Gasteiger partial charge in [-0.2, -0.15) is 5.26 Å². The lowest BCUT2D eigenvalue weighted by Gasteiger charge is -2.16. The summed E-state index contributed by atoms with van der Waals surface area (Å²) in [6.45, 7) is 2.07. The average molecular weight is 278 g/mol. The van der Waals surface area contributed by atoms with Crippen molar-refractivity contribution < 1.29 is 4.79 Å². The van der Waals surface area contributed by atoms with Gasteiger partial charge >= 0.3 is 0 Å². The van der Waals surface area contributed by atoms with Crippen LogP contribution in [0.25, 0.3) is 0 Å². The quantitative estimate of drug-likeness (QED) is 0.896. The second kappa shape index (κ2) is 7.25. The second-order valence-corrected chi connectivity index (χ2v) is 4.93. The van der Waals surface area contributed by atoms with Crippen LogP contribution in [0.2, 0.25) is 0 Å². The Hall–Kier alpha value is -2.60. The van der Waals surface area contributed by atoms with Crippen LogP contribution in [0.5, 0.6) is 0 Å². The van der Waals surface area contributed by atoms with Gasteiger partial charge in [-0.15, -0.1) is 0 Å². The number of anilines is 1. The molecule has 2 aromatic carbocycles. The highest BCUT2D eigenvalue weighted by Crippen LogP contribution is 2.23. The van der Waals surface area contributed by atoms with Crippen molar-refractivity contribution in [2.24, 2.45) is 0 Å². The molecular weight excluding hydrogens is 260 g/mol. The molecule has 21 heavy (non-hydrogen) atoms. The van der Waals surface area contributed by atoms with E-state index in [1.165, 1.54) is 0 Å². The first kappa shape index (κ1) is 14.8. The summed E-state index contributed by atoms with van der Waals surface area (Å²) in [5.41, 5.74) is 2.34. The normalized spacial score (nSPS) is 11.4. The van der Waals surface area contributed by atoms with Crippen molar-refractivity contribution in [1.82, 2.24) is 0 Å². The van der Waals surface area contributed by atoms with Crippen molar-refractivity contribution in [2.75, 3.05) is 5.32 Å². The number of benzene rings is 2. The highest BCUT2D eigenvalue weighted by atomic mass is 16.1. The Morgan fingerprint density at radius 3 is 2.38 bits per heavy atom. The van der Waals surface area contributed by atoms with E-state index >= 15 is 0 Å². The van der Waals surface area contributed by atoms with Crippen LogP contribution >= 0.6 is 0 Å². The summed E-state index contributed by atoms with van der Waals surface area (Å²) in [5, 5.41) is 11.7. The fraction of sp³-hybridized carbons (Fsp3) is 0.222. The van der Waals surface area contributed by atoms with Gasteiger partial charge < -0.3 is 5.32 Å². The molecule has 0 heterocycles. The fourth-order valence-corrected chi connectivity index (χ4v) is 2.28. The highest BCUT2D eigenvalue weighted by molar-refractivity contribution is 5.95. The lowest BCUT2D eigenvalue weighted by atomic mass is 9.93. The fourth-order valence-electron chi connectivity index (χ4n) is 2.28. The molecule has 0 bridgehead atoms. The molecule has 1 atom stereocenters. The standard InChI is InChI=1S/C18H18N2O/c1-2-6-17(15-7-4-3-5-8-15)18(21)20-16-11-9-14(13-19)10-12-16/h3-5,7-12,17H,2,6H2,1H3,(H,20,21). The predicted molar refractivity (Wildman–Crippen MR) is 83.9 cm³/mol. The van der Waals surface area contributed by atoms with Crippen molar-refractivity contribution in [3.63, 3.8) is 0 Å². The van der Waals surface area contributed by atoms with E-state index in [1.807, 2.05) is 30.3 Å². The van der Waals surface area contributed by atoms with Gasteiger partial charge in [-0.25, -0.2) is 0 Å². The molecule has 1 N–H and O–H groups in total. The second-order valence-electron chi connectivity index (χ2n) is 4.93. The summed E-state index contributed by atoms with van der Waals surface area (Å²) >= 11 is 0. The molecule has 1 amide bonds. The lowest BCUT2D eigenvalue weighted by molar-refractivity contribution is -0.117. The first-order valence-corrected chi connectivity index (χ1v) is 7.10. The zero-order chi connectivity index (χ0) is 15.1. The molecule has 2 aromatic rings. The molecule has 0 saturated carbocycles. The third kappa shape index (κ3) is 3.93. The minimum absolute atomic E-state index is 0.00671. The monoisotopic (exact) mass is 278 g/mol. The number of carbonyl (C=O) groups is 1. The van der Waals surface area contributed by atoms with Crippen LogP contribution in [0.15, 0.2) is 54.6 Å². The van der Waals surface area contributed by atoms with E-state index in [2.05, 4.69) is 18.3 Å². The van der Waals surface area contributed by atoms with Crippen molar-refractivity contribution in [3.8, 4) is 6.07 Å². The average Bonchev–Trinajstić information content (AvgIpc) is 2.54. The van der Waals surface area contributed by atoms with E-state index < -0.39 is 0 Å². The van der Waals surface area contributed by atoms with E-state index in [4.69, 9.17) is 5.26 Å². The van der Waals surface area contributed by atoms with Crippen LogP contribution in [-0.2, 0) is 4.79 Å². The summed E-state index contributed by atoms with van der Waals surface area (Å²) in [6, 6.07) is 18.8. The topological polar surface area (TPSA) is 52.9 Å². The van der Waals surface area contributed by atoms with Gasteiger partial charge in [0.15, 0.2) is 0 Å². The molecule has 0 spiro atoms. The van der Waals surface area contributed by atoms with Crippen LogP contribution in [-0.4, -0.2) is 5.91 Å². The summed E-state index contributed by atoms with van der Waals surface area (Å²) in [6.07, 6.45) is 1.76. The number of rotatable bonds is 5. The molecule has 2 rings (SSSR count). The van der Waals surface area contributed by atoms with E-state index in [1.54, 1.807) is 24.3 Å². The van der Waals surface area contributed by atoms with Gasteiger partial charge in [0.05, 0.1) is 17.6 Å². The highest BCUT2D eigenvalue weighted by Gasteiger charge is 2.19. The molecular formula is C18H18N2O. The molecule has 0 aliphatic heterocycles. The predicted octanol–water partition coefficient (Wildman–Crippen LogP) is 4.08. The zero-order valence-electron chi connectivity index (χ0n) is 12.0. The Morgan fingerprint density at radius 2 is 1.81 bits per heavy atom. The first-order valence-electron chi connectivity index (χ1n) is 7.10. The van der Waals surface area contributed by atoms with Gasteiger partial charge in [-0.05, 0) is 36.2 Å². The first-order chi connectivity index (χ1) is 10.2. The van der Waals surface area contributed by atoms with Gasteiger partial charge in [0.2, 0.25) is 5.91 Å². The van der Waals surface area contributed by atoms with E-state index in [-0.39, 0.29) is 11.8 Å². The maximum absolute atomic E-state index is 12.5. The molecule has 0 saturated heterocycles. The third-order valence-electron chi connectivity index (χ3n) is 3.38. The minimum Gasteiger partial charge on any atom is -0.326 e. The Labute approximate surface area is 125 Å². The Balaban J connectivity index is 2.13. The molecule has 0 aromatic heterocycles. The Bertz CT molecular complexity index is 627. The van der Waals surface area contributed by atoms with Crippen molar-refractivity contribution in [1.29, 1.82) is 5.26 Å². The van der Waals surface area contributed by atoms with Gasteiger partial charge in [0, 0.05) is 5.69 Å². The maximum atomic E-state index is 12.5. The molecule has 1 unspecified atom stereocenters. The van der Waals surface area contributed by atoms with E-state index in [0.717, 1.165) is 24.1 Å². The number of carbonyl (C=O) groups excluding carboxylic acids is 1. The summed E-state index contributed by atoms with van der Waals surface area (Å²) in [5.74, 6) is -0.153.